The van der Waals surface area contributed by atoms with Crippen LogP contribution in [0.5, 0.6) is 0 Å². The molecular weight excluding hydrogens is 437 g/mol. The molecule has 0 spiro atoms. The molecule has 3 aromatic rings. The molecule has 2 aromatic carbocycles. The number of nitrogens with zero attached hydrogens (tertiary/aromatic N) is 2. The number of halogens is 3. The maximum atomic E-state index is 13.3. The first-order valence-electron chi connectivity index (χ1n) is 12.2. The van der Waals surface area contributed by atoms with Crippen molar-refractivity contribution in [3.8, 4) is 0 Å². The molecule has 3 N–H and O–H groups in total. The lowest BCUT2D eigenvalue weighted by atomic mass is 9.91. The standard InChI is InChI=1S/C27H31F3N4/c1-15(18-11-20(27(28,29)30)14-21(31)12-18)32-26-24-13-19(10-17-6-3-4-7-17)22-8-5-9-23(22)25(24)33-16(2)34-26/h11-15,17H,3-10,31H2,1-2H3,(H,32,33,34)/t15-/m1/s1. The van der Waals surface area contributed by atoms with Crippen LogP contribution in [-0.4, -0.2) is 9.97 Å². The number of aryl methyl sites for hydroxylation is 2. The topological polar surface area (TPSA) is 63.8 Å². The number of rotatable bonds is 5. The smallest absolute Gasteiger partial charge is 0.399 e. The van der Waals surface area contributed by atoms with Crippen LogP contribution in [0.25, 0.3) is 10.9 Å². The quantitative estimate of drug-likeness (QED) is 0.398. The van der Waals surface area contributed by atoms with Gasteiger partial charge in [0.15, 0.2) is 0 Å². The predicted octanol–water partition coefficient (Wildman–Crippen LogP) is 6.93. The number of benzene rings is 2. The van der Waals surface area contributed by atoms with Crippen LogP contribution in [0.1, 0.15) is 78.7 Å². The van der Waals surface area contributed by atoms with Crippen molar-refractivity contribution in [3.05, 3.63) is 57.9 Å². The van der Waals surface area contributed by atoms with Crippen molar-refractivity contribution in [2.24, 2.45) is 5.92 Å². The van der Waals surface area contributed by atoms with E-state index < -0.39 is 17.8 Å². The van der Waals surface area contributed by atoms with Crippen LogP contribution >= 0.6 is 0 Å². The van der Waals surface area contributed by atoms with E-state index >= 15 is 0 Å². The van der Waals surface area contributed by atoms with Crippen LogP contribution in [0.3, 0.4) is 0 Å². The Bertz CT molecular complexity index is 1230. The molecule has 4 nitrogen and oxygen atoms in total. The van der Waals surface area contributed by atoms with E-state index in [-0.39, 0.29) is 5.69 Å². The van der Waals surface area contributed by atoms with Gasteiger partial charge in [-0.15, -0.1) is 0 Å². The number of hydrogen-bond donors (Lipinski definition) is 2. The summed E-state index contributed by atoms with van der Waals surface area (Å²) in [5, 5.41) is 4.35. The average molecular weight is 469 g/mol. The highest BCUT2D eigenvalue weighted by Gasteiger charge is 2.31. The average Bonchev–Trinajstić information content (AvgIpc) is 3.45. The van der Waals surface area contributed by atoms with E-state index in [1.807, 2.05) is 13.8 Å². The monoisotopic (exact) mass is 468 g/mol. The van der Waals surface area contributed by atoms with Crippen LogP contribution in [0.2, 0.25) is 0 Å². The van der Waals surface area contributed by atoms with Gasteiger partial charge in [0, 0.05) is 11.1 Å². The lowest BCUT2D eigenvalue weighted by Gasteiger charge is -2.21. The van der Waals surface area contributed by atoms with Crippen molar-refractivity contribution in [1.29, 1.82) is 0 Å². The molecule has 0 saturated heterocycles. The number of alkyl halides is 3. The summed E-state index contributed by atoms with van der Waals surface area (Å²) in [6.07, 6.45) is 5.09. The lowest BCUT2D eigenvalue weighted by Crippen LogP contribution is -2.13. The molecule has 34 heavy (non-hydrogen) atoms. The van der Waals surface area contributed by atoms with Gasteiger partial charge in [0.05, 0.1) is 17.1 Å². The molecule has 5 rings (SSSR count). The number of aromatic nitrogens is 2. The molecule has 0 bridgehead atoms. The van der Waals surface area contributed by atoms with E-state index in [1.54, 1.807) is 6.07 Å². The Morgan fingerprint density at radius 2 is 1.76 bits per heavy atom. The molecule has 0 unspecified atom stereocenters. The maximum Gasteiger partial charge on any atom is 0.416 e. The molecular formula is C27H31F3N4. The molecule has 2 aliphatic rings. The fourth-order valence-corrected chi connectivity index (χ4v) is 5.77. The second-order valence-electron chi connectivity index (χ2n) is 9.97. The summed E-state index contributed by atoms with van der Waals surface area (Å²) in [6, 6.07) is 5.56. The molecule has 1 heterocycles. The van der Waals surface area contributed by atoms with Crippen molar-refractivity contribution in [2.45, 2.75) is 77.4 Å². The summed E-state index contributed by atoms with van der Waals surface area (Å²) in [7, 11) is 0. The Hall–Kier alpha value is -2.83. The first-order chi connectivity index (χ1) is 16.2. The summed E-state index contributed by atoms with van der Waals surface area (Å²) in [5.74, 6) is 2.06. The zero-order valence-electron chi connectivity index (χ0n) is 19.7. The molecule has 1 atom stereocenters. The molecule has 0 radical (unpaired) electrons. The Morgan fingerprint density at radius 1 is 1.03 bits per heavy atom. The number of anilines is 2. The largest absolute Gasteiger partial charge is 0.416 e. The van der Waals surface area contributed by atoms with Gasteiger partial charge in [-0.1, -0.05) is 25.7 Å². The highest BCUT2D eigenvalue weighted by molar-refractivity contribution is 5.93. The highest BCUT2D eigenvalue weighted by atomic mass is 19.4. The number of hydrogen-bond acceptors (Lipinski definition) is 4. The minimum Gasteiger partial charge on any atom is -0.399 e. The van der Waals surface area contributed by atoms with E-state index in [1.165, 1.54) is 42.4 Å². The van der Waals surface area contributed by atoms with E-state index in [4.69, 9.17) is 10.7 Å². The first-order valence-corrected chi connectivity index (χ1v) is 12.2. The van der Waals surface area contributed by atoms with Gasteiger partial charge >= 0.3 is 6.18 Å². The third-order valence-corrected chi connectivity index (χ3v) is 7.41. The van der Waals surface area contributed by atoms with Gasteiger partial charge in [-0.3, -0.25) is 0 Å². The molecule has 1 aromatic heterocycles. The van der Waals surface area contributed by atoms with E-state index in [0.717, 1.165) is 54.6 Å². The van der Waals surface area contributed by atoms with Gasteiger partial charge in [-0.2, -0.15) is 13.2 Å². The normalized spacial score (nSPS) is 17.3. The zero-order chi connectivity index (χ0) is 24.0. The SMILES string of the molecule is Cc1nc(N[C@H](C)c2cc(N)cc(C(F)(F)F)c2)c2cc(CC3CCCC3)c3c(c2n1)CCC3. The minimum atomic E-state index is -4.45. The molecule has 0 amide bonds. The van der Waals surface area contributed by atoms with Gasteiger partial charge in [-0.05, 0) is 92.0 Å². The molecule has 2 aliphatic carbocycles. The van der Waals surface area contributed by atoms with Gasteiger partial charge in [0.1, 0.15) is 11.6 Å². The second-order valence-corrected chi connectivity index (χ2v) is 9.97. The summed E-state index contributed by atoms with van der Waals surface area (Å²) < 4.78 is 40.0. The number of fused-ring (bicyclic) bond motifs is 3. The lowest BCUT2D eigenvalue weighted by molar-refractivity contribution is -0.137. The van der Waals surface area contributed by atoms with Gasteiger partial charge < -0.3 is 11.1 Å². The molecule has 7 heteroatoms. The van der Waals surface area contributed by atoms with Crippen LogP contribution in [0.15, 0.2) is 24.3 Å². The highest BCUT2D eigenvalue weighted by Crippen LogP contribution is 2.39. The van der Waals surface area contributed by atoms with Crippen molar-refractivity contribution >= 4 is 22.4 Å². The first kappa shape index (κ1) is 22.9. The van der Waals surface area contributed by atoms with E-state index in [0.29, 0.717) is 17.2 Å². The van der Waals surface area contributed by atoms with Crippen LogP contribution in [0.4, 0.5) is 24.7 Å². The van der Waals surface area contributed by atoms with E-state index in [9.17, 15) is 13.2 Å². The molecule has 1 saturated carbocycles. The minimum absolute atomic E-state index is 0.0962. The number of nitrogens with one attached hydrogen (secondary N) is 1. The van der Waals surface area contributed by atoms with Crippen LogP contribution < -0.4 is 11.1 Å². The fraction of sp³-hybridized carbons (Fsp3) is 0.481. The molecule has 1 fully saturated rings. The summed E-state index contributed by atoms with van der Waals surface area (Å²) >= 11 is 0. The van der Waals surface area contributed by atoms with E-state index in [2.05, 4.69) is 16.4 Å². The van der Waals surface area contributed by atoms with Gasteiger partial charge in [0.25, 0.3) is 0 Å². The van der Waals surface area contributed by atoms with Crippen molar-refractivity contribution in [2.75, 3.05) is 11.1 Å². The van der Waals surface area contributed by atoms with Crippen LogP contribution in [0, 0.1) is 12.8 Å². The second kappa shape index (κ2) is 8.75. The Kier molecular flexibility index (Phi) is 5.90. The van der Waals surface area contributed by atoms with Gasteiger partial charge in [-0.25, -0.2) is 9.97 Å². The Balaban J connectivity index is 1.55. The third kappa shape index (κ3) is 4.44. The van der Waals surface area contributed by atoms with Crippen molar-refractivity contribution in [3.63, 3.8) is 0 Å². The predicted molar refractivity (Wildman–Crippen MR) is 130 cm³/mol. The van der Waals surface area contributed by atoms with Crippen LogP contribution in [-0.2, 0) is 25.4 Å². The number of nitrogens with two attached hydrogens (primary N) is 1. The molecule has 0 aliphatic heterocycles. The fourth-order valence-electron chi connectivity index (χ4n) is 5.77. The maximum absolute atomic E-state index is 13.3. The number of nitrogen functional groups attached to an aromatic ring is 1. The molecule has 180 valence electrons. The summed E-state index contributed by atoms with van der Waals surface area (Å²) in [6.45, 7) is 3.70. The summed E-state index contributed by atoms with van der Waals surface area (Å²) in [5.41, 5.74) is 10.8. The third-order valence-electron chi connectivity index (χ3n) is 7.41. The van der Waals surface area contributed by atoms with Gasteiger partial charge in [0.2, 0.25) is 0 Å². The zero-order valence-corrected chi connectivity index (χ0v) is 19.7. The van der Waals surface area contributed by atoms with Crippen molar-refractivity contribution < 1.29 is 13.2 Å². The summed E-state index contributed by atoms with van der Waals surface area (Å²) in [4.78, 5) is 9.48. The van der Waals surface area contributed by atoms with Crippen molar-refractivity contribution in [1.82, 2.24) is 9.97 Å². The Morgan fingerprint density at radius 3 is 2.50 bits per heavy atom. The Labute approximate surface area is 198 Å².